The lowest BCUT2D eigenvalue weighted by Crippen LogP contribution is -1.92. The van der Waals surface area contributed by atoms with Gasteiger partial charge in [-0.2, -0.15) is 0 Å². The normalized spacial score (nSPS) is 10.7. The molecule has 0 bridgehead atoms. The standard InChI is InChI=1S/C12H15NO2/c13-11-8-5-4-7-10(11)6-2-1-3-9-12(14)15/h2,4-8H,1,3,9,13H2,(H,14,15). The average molecular weight is 205 g/mol. The molecule has 0 heterocycles. The smallest absolute Gasteiger partial charge is 0.303 e. The number of hydrogen-bond acceptors (Lipinski definition) is 2. The molecule has 3 nitrogen and oxygen atoms in total. The van der Waals surface area contributed by atoms with Crippen LogP contribution in [0.1, 0.15) is 24.8 Å². The first-order chi connectivity index (χ1) is 7.20. The summed E-state index contributed by atoms with van der Waals surface area (Å²) in [6.45, 7) is 0. The van der Waals surface area contributed by atoms with Gasteiger partial charge in [0.25, 0.3) is 0 Å². The monoisotopic (exact) mass is 205 g/mol. The van der Waals surface area contributed by atoms with Crippen molar-refractivity contribution in [1.29, 1.82) is 0 Å². The summed E-state index contributed by atoms with van der Waals surface area (Å²) in [4.78, 5) is 10.2. The number of carboxylic acids is 1. The summed E-state index contributed by atoms with van der Waals surface area (Å²) in [5, 5.41) is 8.43. The Kier molecular flexibility index (Phi) is 4.41. The third-order valence-electron chi connectivity index (χ3n) is 2.05. The number of para-hydroxylation sites is 1. The molecule has 0 fully saturated rings. The SMILES string of the molecule is Nc1ccccc1C=CCCCC(=O)O. The van der Waals surface area contributed by atoms with Crippen LogP contribution in [0.2, 0.25) is 0 Å². The number of nitrogen functional groups attached to an aromatic ring is 1. The van der Waals surface area contributed by atoms with Crippen LogP contribution < -0.4 is 5.73 Å². The minimum Gasteiger partial charge on any atom is -0.481 e. The van der Waals surface area contributed by atoms with E-state index in [1.165, 1.54) is 0 Å². The van der Waals surface area contributed by atoms with E-state index < -0.39 is 5.97 Å². The van der Waals surface area contributed by atoms with E-state index in [1.54, 1.807) is 0 Å². The predicted molar refractivity (Wildman–Crippen MR) is 61.4 cm³/mol. The zero-order valence-corrected chi connectivity index (χ0v) is 8.52. The third-order valence-corrected chi connectivity index (χ3v) is 2.05. The van der Waals surface area contributed by atoms with Gasteiger partial charge >= 0.3 is 5.97 Å². The second kappa shape index (κ2) is 5.86. The highest BCUT2D eigenvalue weighted by Crippen LogP contribution is 2.12. The van der Waals surface area contributed by atoms with Crippen molar-refractivity contribution in [2.75, 3.05) is 5.73 Å². The zero-order chi connectivity index (χ0) is 11.1. The van der Waals surface area contributed by atoms with Gasteiger partial charge in [-0.05, 0) is 24.5 Å². The van der Waals surface area contributed by atoms with Gasteiger partial charge in [-0.3, -0.25) is 4.79 Å². The highest BCUT2D eigenvalue weighted by molar-refractivity contribution is 5.66. The zero-order valence-electron chi connectivity index (χ0n) is 8.52. The lowest BCUT2D eigenvalue weighted by molar-refractivity contribution is -0.137. The molecular formula is C12H15NO2. The maximum absolute atomic E-state index is 10.2. The number of nitrogens with two attached hydrogens (primary N) is 1. The van der Waals surface area contributed by atoms with Crippen LogP contribution in [0.25, 0.3) is 6.08 Å². The summed E-state index contributed by atoms with van der Waals surface area (Å²) in [7, 11) is 0. The van der Waals surface area contributed by atoms with Crippen LogP contribution in [-0.2, 0) is 4.79 Å². The molecule has 3 heteroatoms. The molecule has 15 heavy (non-hydrogen) atoms. The first kappa shape index (κ1) is 11.3. The van der Waals surface area contributed by atoms with Crippen molar-refractivity contribution in [1.82, 2.24) is 0 Å². The predicted octanol–water partition coefficient (Wildman–Crippen LogP) is 2.54. The molecule has 0 atom stereocenters. The molecule has 1 rings (SSSR count). The fourth-order valence-corrected chi connectivity index (χ4v) is 1.24. The summed E-state index contributed by atoms with van der Waals surface area (Å²) in [5.74, 6) is -0.748. The molecule has 0 aliphatic carbocycles. The Hall–Kier alpha value is -1.77. The van der Waals surface area contributed by atoms with E-state index in [2.05, 4.69) is 0 Å². The Morgan fingerprint density at radius 3 is 2.80 bits per heavy atom. The first-order valence-corrected chi connectivity index (χ1v) is 4.93. The maximum atomic E-state index is 10.2. The van der Waals surface area contributed by atoms with Crippen molar-refractivity contribution >= 4 is 17.7 Å². The Morgan fingerprint density at radius 1 is 1.40 bits per heavy atom. The van der Waals surface area contributed by atoms with Crippen molar-refractivity contribution < 1.29 is 9.90 Å². The van der Waals surface area contributed by atoms with Crippen molar-refractivity contribution in [2.24, 2.45) is 0 Å². The molecule has 0 saturated heterocycles. The highest BCUT2D eigenvalue weighted by atomic mass is 16.4. The summed E-state index contributed by atoms with van der Waals surface area (Å²) < 4.78 is 0. The molecular weight excluding hydrogens is 190 g/mol. The molecule has 0 aliphatic heterocycles. The van der Waals surface area contributed by atoms with Gasteiger partial charge < -0.3 is 10.8 Å². The van der Waals surface area contributed by atoms with Crippen LogP contribution >= 0.6 is 0 Å². The number of unbranched alkanes of at least 4 members (excludes halogenated alkanes) is 1. The number of benzene rings is 1. The summed E-state index contributed by atoms with van der Waals surface area (Å²) in [5.41, 5.74) is 7.46. The number of hydrogen-bond donors (Lipinski definition) is 2. The summed E-state index contributed by atoms with van der Waals surface area (Å²) >= 11 is 0. The summed E-state index contributed by atoms with van der Waals surface area (Å²) in [6.07, 6.45) is 5.53. The molecule has 0 radical (unpaired) electrons. The number of aliphatic carboxylic acids is 1. The van der Waals surface area contributed by atoms with Gasteiger partial charge in [0.2, 0.25) is 0 Å². The van der Waals surface area contributed by atoms with Crippen LogP contribution in [0, 0.1) is 0 Å². The van der Waals surface area contributed by atoms with Crippen LogP contribution in [0.3, 0.4) is 0 Å². The van der Waals surface area contributed by atoms with E-state index in [1.807, 2.05) is 36.4 Å². The van der Waals surface area contributed by atoms with Crippen molar-refractivity contribution in [3.8, 4) is 0 Å². The van der Waals surface area contributed by atoms with E-state index in [9.17, 15) is 4.79 Å². The largest absolute Gasteiger partial charge is 0.481 e. The topological polar surface area (TPSA) is 63.3 Å². The lowest BCUT2D eigenvalue weighted by Gasteiger charge is -1.98. The van der Waals surface area contributed by atoms with Crippen LogP contribution in [0.15, 0.2) is 30.3 Å². The molecule has 80 valence electrons. The molecule has 1 aromatic carbocycles. The van der Waals surface area contributed by atoms with Crippen molar-refractivity contribution in [3.63, 3.8) is 0 Å². The van der Waals surface area contributed by atoms with Gasteiger partial charge in [0.05, 0.1) is 0 Å². The fraction of sp³-hybridized carbons (Fsp3) is 0.250. The van der Waals surface area contributed by atoms with Crippen molar-refractivity contribution in [2.45, 2.75) is 19.3 Å². The minimum absolute atomic E-state index is 0.217. The van der Waals surface area contributed by atoms with Crippen LogP contribution in [0.4, 0.5) is 5.69 Å². The van der Waals surface area contributed by atoms with E-state index in [4.69, 9.17) is 10.8 Å². The second-order valence-electron chi connectivity index (χ2n) is 3.32. The van der Waals surface area contributed by atoms with Gasteiger partial charge in [-0.15, -0.1) is 0 Å². The van der Waals surface area contributed by atoms with Gasteiger partial charge in [0.1, 0.15) is 0 Å². The third kappa shape index (κ3) is 4.31. The second-order valence-corrected chi connectivity index (χ2v) is 3.32. The minimum atomic E-state index is -0.748. The summed E-state index contributed by atoms with van der Waals surface area (Å²) in [6, 6.07) is 7.59. The molecule has 0 spiro atoms. The maximum Gasteiger partial charge on any atom is 0.303 e. The number of rotatable bonds is 5. The van der Waals surface area contributed by atoms with Gasteiger partial charge in [0, 0.05) is 12.1 Å². The van der Waals surface area contributed by atoms with E-state index in [0.29, 0.717) is 6.42 Å². The van der Waals surface area contributed by atoms with Gasteiger partial charge in [-0.1, -0.05) is 30.4 Å². The first-order valence-electron chi connectivity index (χ1n) is 4.93. The molecule has 3 N–H and O–H groups in total. The number of carboxylic acid groups (broad SMARTS) is 1. The Labute approximate surface area is 89.2 Å². The number of carbonyl (C=O) groups is 1. The molecule has 1 aromatic rings. The van der Waals surface area contributed by atoms with Gasteiger partial charge in [-0.25, -0.2) is 0 Å². The molecule has 0 unspecified atom stereocenters. The van der Waals surface area contributed by atoms with E-state index in [-0.39, 0.29) is 6.42 Å². The lowest BCUT2D eigenvalue weighted by atomic mass is 10.1. The Morgan fingerprint density at radius 2 is 2.13 bits per heavy atom. The van der Waals surface area contributed by atoms with E-state index >= 15 is 0 Å². The quantitative estimate of drug-likeness (QED) is 0.573. The Bertz CT molecular complexity index is 358. The van der Waals surface area contributed by atoms with Gasteiger partial charge in [0.15, 0.2) is 0 Å². The Balaban J connectivity index is 2.38. The average Bonchev–Trinajstić information content (AvgIpc) is 2.20. The highest BCUT2D eigenvalue weighted by Gasteiger charge is 1.94. The van der Waals surface area contributed by atoms with Crippen molar-refractivity contribution in [3.05, 3.63) is 35.9 Å². The fourth-order valence-electron chi connectivity index (χ4n) is 1.24. The van der Waals surface area contributed by atoms with E-state index in [0.717, 1.165) is 17.7 Å². The number of anilines is 1. The molecule has 0 saturated carbocycles. The van der Waals surface area contributed by atoms with Crippen LogP contribution in [-0.4, -0.2) is 11.1 Å². The number of allylic oxidation sites excluding steroid dienone is 1. The van der Waals surface area contributed by atoms with Crippen LogP contribution in [0.5, 0.6) is 0 Å². The molecule has 0 amide bonds. The molecule has 0 aliphatic rings. The molecule has 0 aromatic heterocycles.